The van der Waals surface area contributed by atoms with Gasteiger partial charge in [0.1, 0.15) is 17.6 Å². The Balaban J connectivity index is 1.51. The Morgan fingerprint density at radius 2 is 1.82 bits per heavy atom. The van der Waals surface area contributed by atoms with Gasteiger partial charge < -0.3 is 9.47 Å². The SMILES string of the molecule is C=C(OC)c1ccc2c(c1)CCCC(c1ccc(Cl)cc1Cl)=C2c1ccc(OC2CCN(CCCF)C2)cc1. The van der Waals surface area contributed by atoms with Gasteiger partial charge in [-0.25, -0.2) is 0 Å². The fraction of sp³-hybridized carbons (Fsp3) is 0.333. The number of hydrogen-bond acceptors (Lipinski definition) is 3. The number of allylic oxidation sites excluding steroid dienone is 1. The molecule has 0 amide bonds. The fourth-order valence-corrected chi connectivity index (χ4v) is 6.21. The van der Waals surface area contributed by atoms with E-state index in [4.69, 9.17) is 32.7 Å². The summed E-state index contributed by atoms with van der Waals surface area (Å²) < 4.78 is 24.3. The molecule has 0 saturated carbocycles. The molecular weight excluding hydrogens is 532 g/mol. The summed E-state index contributed by atoms with van der Waals surface area (Å²) in [5.41, 5.74) is 7.95. The second kappa shape index (κ2) is 12.6. The summed E-state index contributed by atoms with van der Waals surface area (Å²) >= 11 is 13.0. The van der Waals surface area contributed by atoms with E-state index < -0.39 is 0 Å². The van der Waals surface area contributed by atoms with Gasteiger partial charge in [-0.2, -0.15) is 0 Å². The summed E-state index contributed by atoms with van der Waals surface area (Å²) in [6, 6.07) is 20.6. The summed E-state index contributed by atoms with van der Waals surface area (Å²) in [5, 5.41) is 1.28. The van der Waals surface area contributed by atoms with Crippen LogP contribution in [0.15, 0.2) is 67.2 Å². The molecule has 0 radical (unpaired) electrons. The topological polar surface area (TPSA) is 21.7 Å². The molecule has 1 heterocycles. The maximum Gasteiger partial charge on any atom is 0.119 e. The Morgan fingerprint density at radius 3 is 2.56 bits per heavy atom. The molecule has 204 valence electrons. The number of ether oxygens (including phenoxy) is 2. The lowest BCUT2D eigenvalue weighted by Gasteiger charge is -2.19. The van der Waals surface area contributed by atoms with Crippen molar-refractivity contribution in [2.24, 2.45) is 0 Å². The van der Waals surface area contributed by atoms with E-state index in [1.54, 1.807) is 7.11 Å². The Labute approximate surface area is 240 Å². The smallest absolute Gasteiger partial charge is 0.119 e. The zero-order valence-electron chi connectivity index (χ0n) is 22.3. The number of fused-ring (bicyclic) bond motifs is 1. The normalized spacial score (nSPS) is 17.6. The third kappa shape index (κ3) is 6.35. The van der Waals surface area contributed by atoms with Crippen LogP contribution in [0.2, 0.25) is 10.0 Å². The molecule has 0 bridgehead atoms. The number of aryl methyl sites for hydroxylation is 1. The Hall–Kier alpha value is -2.79. The highest BCUT2D eigenvalue weighted by Gasteiger charge is 2.25. The van der Waals surface area contributed by atoms with Crippen LogP contribution in [0.25, 0.3) is 16.9 Å². The van der Waals surface area contributed by atoms with Crippen LogP contribution < -0.4 is 4.74 Å². The standard InChI is InChI=1S/C33H34Cl2FNO2/c1-22(38-2)24-9-13-29-25(19-24)5-3-6-31(30-14-10-26(34)20-32(30)35)33(29)23-7-11-27(12-8-23)39-28-15-18-37(21-28)17-4-16-36/h7-14,19-20,28H,1,3-6,15-18,21H2,2H3. The van der Waals surface area contributed by atoms with Crippen LogP contribution in [0.3, 0.4) is 0 Å². The van der Waals surface area contributed by atoms with Crippen LogP contribution in [0.1, 0.15) is 53.5 Å². The highest BCUT2D eigenvalue weighted by Crippen LogP contribution is 2.43. The van der Waals surface area contributed by atoms with Gasteiger partial charge in [-0.15, -0.1) is 0 Å². The monoisotopic (exact) mass is 565 g/mol. The highest BCUT2D eigenvalue weighted by molar-refractivity contribution is 6.36. The number of rotatable bonds is 9. The Kier molecular flexibility index (Phi) is 8.96. The van der Waals surface area contributed by atoms with E-state index in [1.165, 1.54) is 22.3 Å². The molecule has 3 aromatic rings. The molecule has 6 heteroatoms. The largest absolute Gasteiger partial charge is 0.497 e. The molecular formula is C33H34Cl2FNO2. The van der Waals surface area contributed by atoms with Crippen LogP contribution >= 0.6 is 23.2 Å². The van der Waals surface area contributed by atoms with Gasteiger partial charge in [0.25, 0.3) is 0 Å². The number of methoxy groups -OCH3 is 1. The second-order valence-corrected chi connectivity index (χ2v) is 11.1. The van der Waals surface area contributed by atoms with Gasteiger partial charge in [-0.05, 0) is 95.8 Å². The summed E-state index contributed by atoms with van der Waals surface area (Å²) in [6.45, 7) is 6.36. The quantitative estimate of drug-likeness (QED) is 0.242. The summed E-state index contributed by atoms with van der Waals surface area (Å²) in [4.78, 5) is 2.28. The van der Waals surface area contributed by atoms with Crippen molar-refractivity contribution in [2.45, 2.75) is 38.2 Å². The van der Waals surface area contributed by atoms with Crippen molar-refractivity contribution in [3.63, 3.8) is 0 Å². The average Bonchev–Trinajstić information content (AvgIpc) is 3.30. The van der Waals surface area contributed by atoms with Gasteiger partial charge in [0, 0.05) is 35.2 Å². The molecule has 3 aromatic carbocycles. The molecule has 3 nitrogen and oxygen atoms in total. The number of nitrogens with zero attached hydrogens (tertiary/aromatic N) is 1. The molecule has 0 N–H and O–H groups in total. The van der Waals surface area contributed by atoms with Crippen LogP contribution in [0, 0.1) is 0 Å². The average molecular weight is 567 g/mol. The maximum absolute atomic E-state index is 12.6. The summed E-state index contributed by atoms with van der Waals surface area (Å²) in [7, 11) is 1.65. The van der Waals surface area contributed by atoms with Crippen molar-refractivity contribution in [1.82, 2.24) is 4.90 Å². The minimum atomic E-state index is -0.270. The van der Waals surface area contributed by atoms with Crippen molar-refractivity contribution in [3.8, 4) is 5.75 Å². The van der Waals surface area contributed by atoms with Crippen molar-refractivity contribution < 1.29 is 13.9 Å². The lowest BCUT2D eigenvalue weighted by atomic mass is 9.87. The van der Waals surface area contributed by atoms with Crippen molar-refractivity contribution in [3.05, 3.63) is 105 Å². The minimum Gasteiger partial charge on any atom is -0.497 e. The molecule has 2 aliphatic rings. The van der Waals surface area contributed by atoms with Crippen LogP contribution in [-0.2, 0) is 11.2 Å². The molecule has 1 aliphatic carbocycles. The number of likely N-dealkylation sites (tertiary alicyclic amines) is 1. The molecule has 1 fully saturated rings. The van der Waals surface area contributed by atoms with E-state index >= 15 is 0 Å². The lowest BCUT2D eigenvalue weighted by Crippen LogP contribution is -2.26. The predicted octanol–water partition coefficient (Wildman–Crippen LogP) is 8.72. The van der Waals surface area contributed by atoms with Crippen molar-refractivity contribution in [1.29, 1.82) is 0 Å². The number of benzene rings is 3. The third-order valence-electron chi connectivity index (χ3n) is 7.66. The lowest BCUT2D eigenvalue weighted by molar-refractivity contribution is 0.198. The van der Waals surface area contributed by atoms with E-state index in [1.807, 2.05) is 18.2 Å². The number of hydrogen-bond donors (Lipinski definition) is 0. The first kappa shape index (κ1) is 27.8. The molecule has 1 atom stereocenters. The molecule has 1 aliphatic heterocycles. The van der Waals surface area contributed by atoms with Crippen molar-refractivity contribution >= 4 is 40.1 Å². The first-order chi connectivity index (χ1) is 19.0. The van der Waals surface area contributed by atoms with Gasteiger partial charge in [0.2, 0.25) is 0 Å². The van der Waals surface area contributed by atoms with Gasteiger partial charge in [0.05, 0.1) is 13.8 Å². The van der Waals surface area contributed by atoms with E-state index in [-0.39, 0.29) is 12.8 Å². The first-order valence-corrected chi connectivity index (χ1v) is 14.3. The Bertz CT molecular complexity index is 1370. The maximum atomic E-state index is 12.6. The van der Waals surface area contributed by atoms with E-state index in [2.05, 4.69) is 53.9 Å². The summed E-state index contributed by atoms with van der Waals surface area (Å²) in [5.74, 6) is 1.51. The van der Waals surface area contributed by atoms with E-state index in [0.29, 0.717) is 22.2 Å². The minimum absolute atomic E-state index is 0.129. The van der Waals surface area contributed by atoms with Crippen LogP contribution in [-0.4, -0.2) is 44.4 Å². The van der Waals surface area contributed by atoms with E-state index in [0.717, 1.165) is 67.8 Å². The highest BCUT2D eigenvalue weighted by atomic mass is 35.5. The van der Waals surface area contributed by atoms with E-state index in [9.17, 15) is 4.39 Å². The second-order valence-electron chi connectivity index (χ2n) is 10.2. The van der Waals surface area contributed by atoms with Gasteiger partial charge in [0.15, 0.2) is 0 Å². The van der Waals surface area contributed by atoms with Crippen LogP contribution in [0.5, 0.6) is 5.75 Å². The molecule has 39 heavy (non-hydrogen) atoms. The van der Waals surface area contributed by atoms with Crippen LogP contribution in [0.4, 0.5) is 4.39 Å². The van der Waals surface area contributed by atoms with Gasteiger partial charge in [-0.1, -0.05) is 60.1 Å². The molecule has 0 aromatic heterocycles. The van der Waals surface area contributed by atoms with Gasteiger partial charge in [-0.3, -0.25) is 9.29 Å². The molecule has 1 saturated heterocycles. The zero-order chi connectivity index (χ0) is 27.4. The molecule has 1 unspecified atom stereocenters. The predicted molar refractivity (Wildman–Crippen MR) is 160 cm³/mol. The van der Waals surface area contributed by atoms with Gasteiger partial charge >= 0.3 is 0 Å². The Morgan fingerprint density at radius 1 is 1.03 bits per heavy atom. The molecule has 5 rings (SSSR count). The zero-order valence-corrected chi connectivity index (χ0v) is 23.8. The first-order valence-electron chi connectivity index (χ1n) is 13.6. The summed E-state index contributed by atoms with van der Waals surface area (Å²) in [6.07, 6.45) is 4.50. The van der Waals surface area contributed by atoms with Crippen molar-refractivity contribution in [2.75, 3.05) is 33.4 Å². The fourth-order valence-electron chi connectivity index (χ4n) is 5.68. The third-order valence-corrected chi connectivity index (χ3v) is 8.20. The molecule has 0 spiro atoms. The number of halogens is 3. The number of alkyl halides is 1.